The van der Waals surface area contributed by atoms with Gasteiger partial charge in [0.15, 0.2) is 5.75 Å². The molecule has 2 N–H and O–H groups in total. The fraction of sp³-hybridized carbons (Fsp3) is 0. The number of nitrogens with one attached hydrogen (secondary N) is 2. The number of benzene rings is 1. The van der Waals surface area contributed by atoms with Crippen LogP contribution >= 0.6 is 0 Å². The number of H-pyrrole nitrogens is 1. The number of fused-ring (bicyclic) bond motifs is 1. The van der Waals surface area contributed by atoms with Crippen LogP contribution in [-0.2, 0) is 4.79 Å². The molecule has 0 saturated heterocycles. The summed E-state index contributed by atoms with van der Waals surface area (Å²) in [6, 6.07) is 5.47. The summed E-state index contributed by atoms with van der Waals surface area (Å²) < 4.78 is 0. The minimum atomic E-state index is -0.337. The monoisotopic (exact) mass is 227 g/mol. The lowest BCUT2D eigenvalue weighted by atomic mass is 9.98. The molecule has 0 fully saturated rings. The smallest absolute Gasteiger partial charge is 0.284 e. The highest BCUT2D eigenvalue weighted by Crippen LogP contribution is 2.35. The predicted molar refractivity (Wildman–Crippen MR) is 61.8 cm³/mol. The van der Waals surface area contributed by atoms with Gasteiger partial charge in [0.05, 0.1) is 0 Å². The van der Waals surface area contributed by atoms with Crippen LogP contribution < -0.4 is 10.3 Å². The Hall–Kier alpha value is -2.56. The van der Waals surface area contributed by atoms with Crippen molar-refractivity contribution in [3.8, 4) is 17.1 Å². The molecule has 2 aromatic rings. The van der Waals surface area contributed by atoms with Crippen molar-refractivity contribution >= 4 is 11.5 Å². The third-order valence-corrected chi connectivity index (χ3v) is 2.61. The summed E-state index contributed by atoms with van der Waals surface area (Å²) in [5, 5.41) is 0. The lowest BCUT2D eigenvalue weighted by molar-refractivity contribution is -0.122. The van der Waals surface area contributed by atoms with Gasteiger partial charge in [-0.3, -0.25) is 4.79 Å². The molecule has 0 bridgehead atoms. The molecule has 1 amide bonds. The first-order valence-electron chi connectivity index (χ1n) is 5.06. The Morgan fingerprint density at radius 1 is 1.35 bits per heavy atom. The molecule has 0 unspecified atom stereocenters. The van der Waals surface area contributed by atoms with E-state index in [2.05, 4.69) is 22.0 Å². The molecule has 0 atom stereocenters. The summed E-state index contributed by atoms with van der Waals surface area (Å²) in [5.41, 5.74) is 4.14. The zero-order valence-electron chi connectivity index (χ0n) is 8.86. The van der Waals surface area contributed by atoms with Gasteiger partial charge >= 0.3 is 0 Å². The van der Waals surface area contributed by atoms with E-state index in [0.29, 0.717) is 22.7 Å². The second-order valence-electron chi connectivity index (χ2n) is 3.63. The van der Waals surface area contributed by atoms with Crippen LogP contribution in [0.4, 0.5) is 0 Å². The van der Waals surface area contributed by atoms with Gasteiger partial charge in [-0.1, -0.05) is 18.7 Å². The second kappa shape index (κ2) is 3.48. The Bertz CT molecular complexity index is 602. The molecule has 5 heteroatoms. The first-order valence-corrected chi connectivity index (χ1v) is 5.06. The molecule has 3 rings (SSSR count). The molecule has 1 aromatic carbocycles. The molecule has 0 spiro atoms. The highest BCUT2D eigenvalue weighted by atomic mass is 16.7. The fourth-order valence-corrected chi connectivity index (χ4v) is 1.81. The van der Waals surface area contributed by atoms with Crippen LogP contribution in [-0.4, -0.2) is 15.9 Å². The van der Waals surface area contributed by atoms with E-state index in [1.165, 1.54) is 0 Å². The van der Waals surface area contributed by atoms with Gasteiger partial charge < -0.3 is 9.82 Å². The molecule has 0 aliphatic carbocycles. The largest absolute Gasteiger partial charge is 0.379 e. The number of carbonyl (C=O) groups is 1. The minimum Gasteiger partial charge on any atom is -0.379 e. The van der Waals surface area contributed by atoms with E-state index in [1.807, 2.05) is 12.1 Å². The van der Waals surface area contributed by atoms with Gasteiger partial charge in [0.2, 0.25) is 0 Å². The van der Waals surface area contributed by atoms with Crippen LogP contribution in [0.15, 0.2) is 37.2 Å². The van der Waals surface area contributed by atoms with Crippen molar-refractivity contribution in [2.24, 2.45) is 0 Å². The van der Waals surface area contributed by atoms with Crippen LogP contribution in [0.5, 0.6) is 5.75 Å². The molecule has 0 saturated carbocycles. The minimum absolute atomic E-state index is 0.337. The number of amides is 1. The summed E-state index contributed by atoms with van der Waals surface area (Å²) in [6.45, 7) is 3.77. The lowest BCUT2D eigenvalue weighted by Crippen LogP contribution is -2.32. The van der Waals surface area contributed by atoms with E-state index in [-0.39, 0.29) is 5.91 Å². The highest BCUT2D eigenvalue weighted by molar-refractivity contribution is 6.21. The van der Waals surface area contributed by atoms with E-state index in [0.717, 1.165) is 5.56 Å². The molecule has 17 heavy (non-hydrogen) atoms. The van der Waals surface area contributed by atoms with Crippen LogP contribution in [0.25, 0.3) is 17.0 Å². The quantitative estimate of drug-likeness (QED) is 0.726. The average Bonchev–Trinajstić information content (AvgIpc) is 2.87. The standard InChI is InChI=1S/C12H9N3O2/c1-7-10-8(11-13-5-6-14-11)3-2-4-9(10)17-15-12(7)16/h2-6H,1H2,(H,13,14)(H,15,16). The van der Waals surface area contributed by atoms with Crippen molar-refractivity contribution < 1.29 is 9.63 Å². The summed E-state index contributed by atoms with van der Waals surface area (Å²) in [7, 11) is 0. The topological polar surface area (TPSA) is 67.0 Å². The average molecular weight is 227 g/mol. The number of hydrogen-bond donors (Lipinski definition) is 2. The third kappa shape index (κ3) is 1.40. The Morgan fingerprint density at radius 3 is 3.00 bits per heavy atom. The molecule has 0 radical (unpaired) electrons. The van der Waals surface area contributed by atoms with Crippen LogP contribution in [0, 0.1) is 0 Å². The SMILES string of the molecule is C=C1C(=O)NOc2cccc(-c3ncc[nH]3)c21. The Kier molecular flexibility index (Phi) is 1.98. The summed E-state index contributed by atoms with van der Waals surface area (Å²) >= 11 is 0. The number of hydrogen-bond acceptors (Lipinski definition) is 3. The van der Waals surface area contributed by atoms with Crippen molar-refractivity contribution in [2.45, 2.75) is 0 Å². The fourth-order valence-electron chi connectivity index (χ4n) is 1.81. The maximum absolute atomic E-state index is 11.5. The normalized spacial score (nSPS) is 13.9. The predicted octanol–water partition coefficient (Wildman–Crippen LogP) is 1.51. The molecule has 1 aliphatic heterocycles. The van der Waals surface area contributed by atoms with Gasteiger partial charge in [-0.25, -0.2) is 4.98 Å². The first-order chi connectivity index (χ1) is 8.27. The molecular formula is C12H9N3O2. The van der Waals surface area contributed by atoms with E-state index in [4.69, 9.17) is 4.84 Å². The van der Waals surface area contributed by atoms with E-state index >= 15 is 0 Å². The van der Waals surface area contributed by atoms with E-state index < -0.39 is 0 Å². The Morgan fingerprint density at radius 2 is 2.24 bits per heavy atom. The van der Waals surface area contributed by atoms with Crippen molar-refractivity contribution in [1.82, 2.24) is 15.4 Å². The maximum atomic E-state index is 11.5. The number of carbonyl (C=O) groups excluding carboxylic acids is 1. The lowest BCUT2D eigenvalue weighted by Gasteiger charge is -2.20. The van der Waals surface area contributed by atoms with E-state index in [1.54, 1.807) is 18.5 Å². The number of hydroxylamine groups is 1. The van der Waals surface area contributed by atoms with Gasteiger partial charge in [-0.05, 0) is 6.07 Å². The highest BCUT2D eigenvalue weighted by Gasteiger charge is 2.25. The molecule has 1 aliphatic rings. The third-order valence-electron chi connectivity index (χ3n) is 2.61. The van der Waals surface area contributed by atoms with Gasteiger partial charge in [-0.2, -0.15) is 5.48 Å². The van der Waals surface area contributed by atoms with Crippen LogP contribution in [0.3, 0.4) is 0 Å². The van der Waals surface area contributed by atoms with Crippen LogP contribution in [0.1, 0.15) is 5.56 Å². The number of aromatic amines is 1. The van der Waals surface area contributed by atoms with Gasteiger partial charge in [-0.15, -0.1) is 0 Å². The summed E-state index contributed by atoms with van der Waals surface area (Å²) in [5.74, 6) is 0.918. The molecule has 1 aromatic heterocycles. The Balaban J connectivity index is 2.25. The van der Waals surface area contributed by atoms with Crippen molar-refractivity contribution in [3.63, 3.8) is 0 Å². The van der Waals surface area contributed by atoms with Gasteiger partial charge in [0, 0.05) is 29.1 Å². The van der Waals surface area contributed by atoms with Crippen molar-refractivity contribution in [1.29, 1.82) is 0 Å². The number of aromatic nitrogens is 2. The molecule has 2 heterocycles. The van der Waals surface area contributed by atoms with Crippen molar-refractivity contribution in [3.05, 3.63) is 42.7 Å². The number of imidazole rings is 1. The van der Waals surface area contributed by atoms with Gasteiger partial charge in [0.25, 0.3) is 5.91 Å². The van der Waals surface area contributed by atoms with Crippen molar-refractivity contribution in [2.75, 3.05) is 0 Å². The number of nitrogens with zero attached hydrogens (tertiary/aromatic N) is 1. The maximum Gasteiger partial charge on any atom is 0.284 e. The zero-order valence-corrected chi connectivity index (χ0v) is 8.86. The van der Waals surface area contributed by atoms with Crippen LogP contribution in [0.2, 0.25) is 0 Å². The molecular weight excluding hydrogens is 218 g/mol. The van der Waals surface area contributed by atoms with E-state index in [9.17, 15) is 4.79 Å². The number of rotatable bonds is 1. The Labute approximate surface area is 97.1 Å². The summed E-state index contributed by atoms with van der Waals surface area (Å²) in [4.78, 5) is 23.8. The zero-order chi connectivity index (χ0) is 11.8. The first kappa shape index (κ1) is 9.65. The second-order valence-corrected chi connectivity index (χ2v) is 3.63. The molecule has 5 nitrogen and oxygen atoms in total. The molecule has 84 valence electrons. The summed E-state index contributed by atoms with van der Waals surface area (Å²) in [6.07, 6.45) is 3.38. The van der Waals surface area contributed by atoms with Gasteiger partial charge in [0.1, 0.15) is 5.82 Å².